The molecule has 6 heteroatoms. The van der Waals surface area contributed by atoms with Crippen LogP contribution in [0.15, 0.2) is 4.79 Å². The maximum atomic E-state index is 11.6. The van der Waals surface area contributed by atoms with Crippen LogP contribution < -0.4 is 11.0 Å². The predicted octanol–water partition coefficient (Wildman–Crippen LogP) is 0.338. The van der Waals surface area contributed by atoms with Crippen LogP contribution in [0.1, 0.15) is 24.1 Å². The molecule has 0 aliphatic heterocycles. The van der Waals surface area contributed by atoms with Crippen molar-refractivity contribution in [3.63, 3.8) is 0 Å². The first kappa shape index (κ1) is 9.38. The van der Waals surface area contributed by atoms with Crippen LogP contribution in [0, 0.1) is 0 Å². The van der Waals surface area contributed by atoms with Gasteiger partial charge in [-0.3, -0.25) is 0 Å². The zero-order valence-corrected chi connectivity index (χ0v) is 9.08. The van der Waals surface area contributed by atoms with E-state index in [0.717, 1.165) is 42.6 Å². The summed E-state index contributed by atoms with van der Waals surface area (Å²) in [5.41, 5.74) is 2.67. The first-order chi connectivity index (χ1) is 7.81. The van der Waals surface area contributed by atoms with Gasteiger partial charge < -0.3 is 5.32 Å². The molecule has 1 aliphatic carbocycles. The molecule has 2 N–H and O–H groups in total. The van der Waals surface area contributed by atoms with Gasteiger partial charge in [-0.15, -0.1) is 0 Å². The maximum absolute atomic E-state index is 11.6. The van der Waals surface area contributed by atoms with Crippen LogP contribution in [-0.4, -0.2) is 26.6 Å². The van der Waals surface area contributed by atoms with E-state index >= 15 is 0 Å². The summed E-state index contributed by atoms with van der Waals surface area (Å²) in [6.45, 7) is 0. The number of H-pyrrole nitrogens is 1. The van der Waals surface area contributed by atoms with Gasteiger partial charge in [0.1, 0.15) is 0 Å². The standard InChI is InChI=1S/C10H13N5O/c1-11-9-12-7-5-3-2-4-6(7)8-13-14-10(16)15(8)9/h2-5H2,1H3,(H,11,12)(H,14,16). The highest BCUT2D eigenvalue weighted by Crippen LogP contribution is 2.23. The first-order valence-electron chi connectivity index (χ1n) is 5.48. The van der Waals surface area contributed by atoms with E-state index < -0.39 is 0 Å². The van der Waals surface area contributed by atoms with Crippen LogP contribution in [0.2, 0.25) is 0 Å². The van der Waals surface area contributed by atoms with E-state index in [2.05, 4.69) is 20.5 Å². The van der Waals surface area contributed by atoms with Gasteiger partial charge in [-0.05, 0) is 25.7 Å². The van der Waals surface area contributed by atoms with E-state index in [4.69, 9.17) is 0 Å². The molecule has 2 aromatic heterocycles. The Morgan fingerprint density at radius 1 is 1.38 bits per heavy atom. The first-order valence-corrected chi connectivity index (χ1v) is 5.48. The molecule has 0 unspecified atom stereocenters. The van der Waals surface area contributed by atoms with Crippen LogP contribution in [0.3, 0.4) is 0 Å². The summed E-state index contributed by atoms with van der Waals surface area (Å²) < 4.78 is 1.50. The highest BCUT2D eigenvalue weighted by molar-refractivity contribution is 5.54. The Morgan fingerprint density at radius 2 is 2.19 bits per heavy atom. The molecular weight excluding hydrogens is 206 g/mol. The average Bonchev–Trinajstić information content (AvgIpc) is 2.71. The van der Waals surface area contributed by atoms with Crippen molar-refractivity contribution >= 4 is 11.6 Å². The van der Waals surface area contributed by atoms with Crippen molar-refractivity contribution in [2.75, 3.05) is 12.4 Å². The molecule has 0 amide bonds. The molecule has 2 aromatic rings. The van der Waals surface area contributed by atoms with Crippen LogP contribution in [0.25, 0.3) is 5.65 Å². The summed E-state index contributed by atoms with van der Waals surface area (Å²) in [5.74, 6) is 0.564. The second-order valence-electron chi connectivity index (χ2n) is 4.01. The van der Waals surface area contributed by atoms with E-state index in [1.807, 2.05) is 0 Å². The lowest BCUT2D eigenvalue weighted by Crippen LogP contribution is -2.18. The van der Waals surface area contributed by atoms with Gasteiger partial charge in [-0.25, -0.2) is 19.3 Å². The molecule has 0 saturated carbocycles. The summed E-state index contributed by atoms with van der Waals surface area (Å²) >= 11 is 0. The smallest absolute Gasteiger partial charge is 0.350 e. The minimum atomic E-state index is -0.236. The molecule has 3 rings (SSSR count). The molecule has 0 radical (unpaired) electrons. The summed E-state index contributed by atoms with van der Waals surface area (Å²) in [4.78, 5) is 16.1. The molecule has 0 spiro atoms. The lowest BCUT2D eigenvalue weighted by Gasteiger charge is -2.16. The average molecular weight is 219 g/mol. The fourth-order valence-electron chi connectivity index (χ4n) is 2.30. The normalized spacial score (nSPS) is 15.1. The largest absolute Gasteiger partial charge is 0.358 e. The van der Waals surface area contributed by atoms with Crippen molar-refractivity contribution in [3.8, 4) is 0 Å². The van der Waals surface area contributed by atoms with Gasteiger partial charge >= 0.3 is 5.69 Å². The molecule has 84 valence electrons. The number of fused-ring (bicyclic) bond motifs is 3. The van der Waals surface area contributed by atoms with Crippen LogP contribution in [0.5, 0.6) is 0 Å². The molecule has 0 fully saturated rings. The minimum absolute atomic E-state index is 0.236. The highest BCUT2D eigenvalue weighted by atomic mass is 16.1. The van der Waals surface area contributed by atoms with Crippen molar-refractivity contribution in [2.24, 2.45) is 0 Å². The summed E-state index contributed by atoms with van der Waals surface area (Å²) in [7, 11) is 1.76. The number of aromatic nitrogens is 4. The van der Waals surface area contributed by atoms with Gasteiger partial charge in [0.25, 0.3) is 0 Å². The molecule has 16 heavy (non-hydrogen) atoms. The number of aryl methyl sites for hydroxylation is 2. The Bertz CT molecular complexity index is 597. The summed E-state index contributed by atoms with van der Waals surface area (Å²) in [6, 6.07) is 0. The SMILES string of the molecule is CNc1nc2c(c3n[nH]c(=O)n13)CCCC2. The number of hydrogen-bond donors (Lipinski definition) is 2. The molecule has 0 saturated heterocycles. The third-order valence-electron chi connectivity index (χ3n) is 3.06. The van der Waals surface area contributed by atoms with Crippen LogP contribution >= 0.6 is 0 Å². The fourth-order valence-corrected chi connectivity index (χ4v) is 2.30. The molecule has 1 aliphatic rings. The van der Waals surface area contributed by atoms with Gasteiger partial charge in [-0.2, -0.15) is 5.10 Å². The molecule has 2 heterocycles. The molecule has 0 atom stereocenters. The lowest BCUT2D eigenvalue weighted by molar-refractivity contribution is 0.665. The molecule has 6 nitrogen and oxygen atoms in total. The van der Waals surface area contributed by atoms with E-state index in [-0.39, 0.29) is 5.69 Å². The summed E-state index contributed by atoms with van der Waals surface area (Å²) in [6.07, 6.45) is 4.24. The minimum Gasteiger partial charge on any atom is -0.358 e. The summed E-state index contributed by atoms with van der Waals surface area (Å²) in [5, 5.41) is 9.50. The van der Waals surface area contributed by atoms with Gasteiger partial charge in [0.15, 0.2) is 5.65 Å². The Hall–Kier alpha value is -1.85. The molecule has 0 aromatic carbocycles. The number of aromatic amines is 1. The number of rotatable bonds is 1. The quantitative estimate of drug-likeness (QED) is 0.725. The Morgan fingerprint density at radius 3 is 3.00 bits per heavy atom. The molecule has 0 bridgehead atoms. The Balaban J connectivity index is 2.41. The van der Waals surface area contributed by atoms with Gasteiger partial charge in [-0.1, -0.05) is 0 Å². The van der Waals surface area contributed by atoms with Crippen molar-refractivity contribution < 1.29 is 0 Å². The van der Waals surface area contributed by atoms with Crippen molar-refractivity contribution in [1.29, 1.82) is 0 Å². The van der Waals surface area contributed by atoms with Gasteiger partial charge in [0.2, 0.25) is 5.95 Å². The van der Waals surface area contributed by atoms with Crippen LogP contribution in [0.4, 0.5) is 5.95 Å². The zero-order chi connectivity index (χ0) is 11.1. The zero-order valence-electron chi connectivity index (χ0n) is 9.08. The van der Waals surface area contributed by atoms with Gasteiger partial charge in [0, 0.05) is 12.6 Å². The fraction of sp³-hybridized carbons (Fsp3) is 0.500. The monoisotopic (exact) mass is 219 g/mol. The third-order valence-corrected chi connectivity index (χ3v) is 3.06. The van der Waals surface area contributed by atoms with E-state index in [1.54, 1.807) is 7.05 Å². The molecular formula is C10H13N5O. The van der Waals surface area contributed by atoms with E-state index in [9.17, 15) is 4.79 Å². The van der Waals surface area contributed by atoms with E-state index in [0.29, 0.717) is 5.95 Å². The van der Waals surface area contributed by atoms with E-state index in [1.165, 1.54) is 4.40 Å². The maximum Gasteiger partial charge on any atom is 0.350 e. The number of anilines is 1. The number of nitrogens with one attached hydrogen (secondary N) is 2. The lowest BCUT2D eigenvalue weighted by atomic mass is 9.97. The number of hydrogen-bond acceptors (Lipinski definition) is 4. The van der Waals surface area contributed by atoms with Crippen molar-refractivity contribution in [1.82, 2.24) is 19.6 Å². The second kappa shape index (κ2) is 3.33. The van der Waals surface area contributed by atoms with Crippen molar-refractivity contribution in [2.45, 2.75) is 25.7 Å². The second-order valence-corrected chi connectivity index (χ2v) is 4.01. The topological polar surface area (TPSA) is 75.1 Å². The highest BCUT2D eigenvalue weighted by Gasteiger charge is 2.19. The Labute approximate surface area is 91.7 Å². The number of nitrogens with zero attached hydrogens (tertiary/aromatic N) is 3. The third kappa shape index (κ3) is 1.16. The van der Waals surface area contributed by atoms with Gasteiger partial charge in [0.05, 0.1) is 5.69 Å². The van der Waals surface area contributed by atoms with Crippen LogP contribution in [-0.2, 0) is 12.8 Å². The van der Waals surface area contributed by atoms with Crippen molar-refractivity contribution in [3.05, 3.63) is 21.7 Å². The predicted molar refractivity (Wildman–Crippen MR) is 59.8 cm³/mol. The Kier molecular flexibility index (Phi) is 1.95.